The first-order chi connectivity index (χ1) is 8.34. The summed E-state index contributed by atoms with van der Waals surface area (Å²) in [4.78, 5) is 11.4. The lowest BCUT2D eigenvalue weighted by molar-refractivity contribution is 0.133. The Morgan fingerprint density at radius 2 is 1.94 bits per heavy atom. The monoisotopic (exact) mass is 234 g/mol. The molecule has 0 saturated heterocycles. The molecular weight excluding hydrogens is 216 g/mol. The number of carbonyl (C=O) groups excluding carboxylic acids is 1. The van der Waals surface area contributed by atoms with Crippen LogP contribution in [0.2, 0.25) is 0 Å². The SMILES string of the molecule is O=C(NNC1CCCC1)OCc1ccccc1. The second-order valence-electron chi connectivity index (χ2n) is 4.31. The maximum Gasteiger partial charge on any atom is 0.421 e. The van der Waals surface area contributed by atoms with E-state index in [9.17, 15) is 4.79 Å². The molecule has 0 aliphatic heterocycles. The predicted octanol–water partition coefficient (Wildman–Crippen LogP) is 2.36. The van der Waals surface area contributed by atoms with E-state index in [1.54, 1.807) is 0 Å². The molecule has 1 saturated carbocycles. The Morgan fingerprint density at radius 3 is 2.65 bits per heavy atom. The number of ether oxygens (including phenoxy) is 1. The lowest BCUT2D eigenvalue weighted by atomic mass is 10.2. The molecule has 1 aromatic carbocycles. The van der Waals surface area contributed by atoms with Gasteiger partial charge in [-0.3, -0.25) is 5.43 Å². The van der Waals surface area contributed by atoms with Gasteiger partial charge in [-0.25, -0.2) is 10.2 Å². The third kappa shape index (κ3) is 4.07. The van der Waals surface area contributed by atoms with Gasteiger partial charge in [0.2, 0.25) is 0 Å². The topological polar surface area (TPSA) is 50.4 Å². The van der Waals surface area contributed by atoms with Crippen LogP contribution in [0.5, 0.6) is 0 Å². The Labute approximate surface area is 101 Å². The van der Waals surface area contributed by atoms with Crippen LogP contribution in [-0.4, -0.2) is 12.1 Å². The molecule has 4 nitrogen and oxygen atoms in total. The van der Waals surface area contributed by atoms with Gasteiger partial charge in [-0.2, -0.15) is 0 Å². The van der Waals surface area contributed by atoms with Crippen molar-refractivity contribution in [3.05, 3.63) is 35.9 Å². The molecule has 0 aromatic heterocycles. The van der Waals surface area contributed by atoms with E-state index in [0.717, 1.165) is 18.4 Å². The lowest BCUT2D eigenvalue weighted by Crippen LogP contribution is -2.43. The zero-order chi connectivity index (χ0) is 11.9. The molecule has 0 spiro atoms. The molecule has 0 atom stereocenters. The average molecular weight is 234 g/mol. The fourth-order valence-corrected chi connectivity index (χ4v) is 1.99. The Kier molecular flexibility index (Phi) is 4.38. The second kappa shape index (κ2) is 6.25. The van der Waals surface area contributed by atoms with E-state index in [2.05, 4.69) is 10.9 Å². The first-order valence-electron chi connectivity index (χ1n) is 6.07. The minimum Gasteiger partial charge on any atom is -0.444 e. The van der Waals surface area contributed by atoms with Crippen molar-refractivity contribution in [2.24, 2.45) is 0 Å². The highest BCUT2D eigenvalue weighted by atomic mass is 16.6. The van der Waals surface area contributed by atoms with Crippen molar-refractivity contribution in [1.29, 1.82) is 0 Å². The van der Waals surface area contributed by atoms with Gasteiger partial charge in [0.15, 0.2) is 0 Å². The van der Waals surface area contributed by atoms with Crippen molar-refractivity contribution in [1.82, 2.24) is 10.9 Å². The van der Waals surface area contributed by atoms with Crippen LogP contribution in [0.1, 0.15) is 31.2 Å². The molecule has 0 heterocycles. The fourth-order valence-electron chi connectivity index (χ4n) is 1.99. The zero-order valence-electron chi connectivity index (χ0n) is 9.82. The van der Waals surface area contributed by atoms with Crippen molar-refractivity contribution >= 4 is 6.09 Å². The van der Waals surface area contributed by atoms with Crippen molar-refractivity contribution in [2.75, 3.05) is 0 Å². The Bertz CT molecular complexity index is 348. The highest BCUT2D eigenvalue weighted by Gasteiger charge is 2.15. The zero-order valence-corrected chi connectivity index (χ0v) is 9.82. The lowest BCUT2D eigenvalue weighted by Gasteiger charge is -2.13. The molecule has 4 heteroatoms. The normalized spacial score (nSPS) is 15.8. The summed E-state index contributed by atoms with van der Waals surface area (Å²) in [5, 5.41) is 0. The number of rotatable bonds is 4. The van der Waals surface area contributed by atoms with Crippen LogP contribution in [0.15, 0.2) is 30.3 Å². The van der Waals surface area contributed by atoms with Gasteiger partial charge in [-0.1, -0.05) is 43.2 Å². The van der Waals surface area contributed by atoms with Crippen molar-refractivity contribution in [2.45, 2.75) is 38.3 Å². The number of carbonyl (C=O) groups is 1. The van der Waals surface area contributed by atoms with Gasteiger partial charge in [-0.15, -0.1) is 0 Å². The van der Waals surface area contributed by atoms with E-state index < -0.39 is 6.09 Å². The van der Waals surface area contributed by atoms with Gasteiger partial charge in [0, 0.05) is 6.04 Å². The van der Waals surface area contributed by atoms with Crippen LogP contribution in [0, 0.1) is 0 Å². The number of amides is 1. The van der Waals surface area contributed by atoms with Gasteiger partial charge >= 0.3 is 6.09 Å². The number of hydrogen-bond acceptors (Lipinski definition) is 3. The molecule has 1 amide bonds. The molecule has 0 radical (unpaired) electrons. The van der Waals surface area contributed by atoms with E-state index in [1.165, 1.54) is 12.8 Å². The summed E-state index contributed by atoms with van der Waals surface area (Å²) >= 11 is 0. The summed E-state index contributed by atoms with van der Waals surface area (Å²) in [7, 11) is 0. The summed E-state index contributed by atoms with van der Waals surface area (Å²) in [5.74, 6) is 0. The van der Waals surface area contributed by atoms with Crippen LogP contribution < -0.4 is 10.9 Å². The molecule has 1 aliphatic carbocycles. The number of nitrogens with one attached hydrogen (secondary N) is 2. The van der Waals surface area contributed by atoms with Gasteiger partial charge in [0.05, 0.1) is 0 Å². The molecule has 92 valence electrons. The Morgan fingerprint density at radius 1 is 1.24 bits per heavy atom. The first kappa shape index (κ1) is 11.9. The molecule has 0 bridgehead atoms. The van der Waals surface area contributed by atoms with Gasteiger partial charge in [0.25, 0.3) is 0 Å². The van der Waals surface area contributed by atoms with Crippen LogP contribution in [0.25, 0.3) is 0 Å². The summed E-state index contributed by atoms with van der Waals surface area (Å²) < 4.78 is 5.08. The standard InChI is InChI=1S/C13H18N2O2/c16-13(15-14-12-8-4-5-9-12)17-10-11-6-2-1-3-7-11/h1-3,6-7,12,14H,4-5,8-10H2,(H,15,16). The molecule has 17 heavy (non-hydrogen) atoms. The van der Waals surface area contributed by atoms with E-state index in [-0.39, 0.29) is 0 Å². The summed E-state index contributed by atoms with van der Waals surface area (Å²) in [6.07, 6.45) is 4.30. The first-order valence-corrected chi connectivity index (χ1v) is 6.07. The molecule has 1 aliphatic rings. The minimum atomic E-state index is -0.416. The molecular formula is C13H18N2O2. The van der Waals surface area contributed by atoms with Crippen LogP contribution in [-0.2, 0) is 11.3 Å². The molecule has 1 fully saturated rings. The predicted molar refractivity (Wildman–Crippen MR) is 65.2 cm³/mol. The van der Waals surface area contributed by atoms with E-state index >= 15 is 0 Å². The average Bonchev–Trinajstić information content (AvgIpc) is 2.88. The highest BCUT2D eigenvalue weighted by Crippen LogP contribution is 2.16. The number of benzene rings is 1. The maximum atomic E-state index is 11.4. The largest absolute Gasteiger partial charge is 0.444 e. The third-order valence-corrected chi connectivity index (χ3v) is 2.95. The van der Waals surface area contributed by atoms with Crippen LogP contribution in [0.3, 0.4) is 0 Å². The second-order valence-corrected chi connectivity index (χ2v) is 4.31. The van der Waals surface area contributed by atoms with Crippen molar-refractivity contribution in [3.63, 3.8) is 0 Å². The fraction of sp³-hybridized carbons (Fsp3) is 0.462. The van der Waals surface area contributed by atoms with Crippen LogP contribution >= 0.6 is 0 Å². The Balaban J connectivity index is 1.64. The van der Waals surface area contributed by atoms with Crippen LogP contribution in [0.4, 0.5) is 4.79 Å². The van der Waals surface area contributed by atoms with Gasteiger partial charge in [-0.05, 0) is 18.4 Å². The van der Waals surface area contributed by atoms with E-state index in [1.807, 2.05) is 30.3 Å². The quantitative estimate of drug-likeness (QED) is 0.786. The highest BCUT2D eigenvalue weighted by molar-refractivity contribution is 5.66. The molecule has 2 rings (SSSR count). The molecule has 0 unspecified atom stereocenters. The van der Waals surface area contributed by atoms with Crippen molar-refractivity contribution < 1.29 is 9.53 Å². The van der Waals surface area contributed by atoms with E-state index in [0.29, 0.717) is 12.6 Å². The third-order valence-electron chi connectivity index (χ3n) is 2.95. The minimum absolute atomic E-state index is 0.305. The molecule has 1 aromatic rings. The maximum absolute atomic E-state index is 11.4. The van der Waals surface area contributed by atoms with Gasteiger partial charge < -0.3 is 4.74 Å². The smallest absolute Gasteiger partial charge is 0.421 e. The van der Waals surface area contributed by atoms with Crippen molar-refractivity contribution in [3.8, 4) is 0 Å². The summed E-state index contributed by atoms with van der Waals surface area (Å²) in [6, 6.07) is 10.0. The van der Waals surface area contributed by atoms with Gasteiger partial charge in [0.1, 0.15) is 6.61 Å². The number of hydrogen-bond donors (Lipinski definition) is 2. The van der Waals surface area contributed by atoms with E-state index in [4.69, 9.17) is 4.74 Å². The Hall–Kier alpha value is -1.55. The number of hydrazine groups is 1. The molecule has 2 N–H and O–H groups in total. The summed E-state index contributed by atoms with van der Waals surface area (Å²) in [5.41, 5.74) is 6.57. The summed E-state index contributed by atoms with van der Waals surface area (Å²) in [6.45, 7) is 0.305.